The zero-order chi connectivity index (χ0) is 18.1. The van der Waals surface area contributed by atoms with Crippen LogP contribution < -0.4 is 5.32 Å². The molecule has 0 spiro atoms. The molecule has 0 aliphatic carbocycles. The van der Waals surface area contributed by atoms with Gasteiger partial charge in [-0.05, 0) is 12.1 Å². The summed E-state index contributed by atoms with van der Waals surface area (Å²) >= 11 is 0.920. The molecule has 0 atom stereocenters. The van der Waals surface area contributed by atoms with Crippen LogP contribution in [0.1, 0.15) is 10.4 Å². The minimum atomic E-state index is -0.509. The summed E-state index contributed by atoms with van der Waals surface area (Å²) in [5.41, 5.74) is 2.43. The Balaban J connectivity index is 1.77. The molecule has 0 unspecified atom stereocenters. The highest BCUT2D eigenvalue weighted by Gasteiger charge is 2.19. The molecule has 4 aromatic rings. The number of pyridine rings is 1. The van der Waals surface area contributed by atoms with Gasteiger partial charge in [-0.15, -0.1) is 0 Å². The molecular weight excluding hydrogens is 352 g/mol. The number of nitrogens with one attached hydrogen (secondary N) is 1. The van der Waals surface area contributed by atoms with Crippen molar-refractivity contribution in [3.8, 4) is 11.3 Å². The number of aromatic nitrogens is 2. The number of imidazole rings is 1. The van der Waals surface area contributed by atoms with Gasteiger partial charge >= 0.3 is 5.00 Å². The smallest absolute Gasteiger partial charge is 0.306 e. The number of rotatable bonds is 4. The molecule has 8 heteroatoms. The average Bonchev–Trinajstić information content (AvgIpc) is 3.28. The first-order valence-corrected chi connectivity index (χ1v) is 8.58. The van der Waals surface area contributed by atoms with Gasteiger partial charge in [-0.3, -0.25) is 19.3 Å². The fourth-order valence-electron chi connectivity index (χ4n) is 2.63. The van der Waals surface area contributed by atoms with Gasteiger partial charge in [0.1, 0.15) is 17.2 Å². The van der Waals surface area contributed by atoms with E-state index in [2.05, 4.69) is 10.3 Å². The fourth-order valence-corrected chi connectivity index (χ4v) is 3.34. The van der Waals surface area contributed by atoms with E-state index in [9.17, 15) is 14.9 Å². The average molecular weight is 364 g/mol. The van der Waals surface area contributed by atoms with Crippen LogP contribution in [0.25, 0.3) is 16.9 Å². The second-order valence-corrected chi connectivity index (χ2v) is 6.38. The SMILES string of the molecule is O=C(Nc1c(-c2ccccc2)nc2ccccn12)c1csc([N+](=O)[O-])c1. The van der Waals surface area contributed by atoms with E-state index < -0.39 is 10.8 Å². The van der Waals surface area contributed by atoms with Crippen LogP contribution in [-0.4, -0.2) is 20.2 Å². The van der Waals surface area contributed by atoms with Gasteiger partial charge in [-0.1, -0.05) is 47.7 Å². The molecule has 0 bridgehead atoms. The van der Waals surface area contributed by atoms with E-state index in [1.54, 1.807) is 10.6 Å². The van der Waals surface area contributed by atoms with Gasteiger partial charge < -0.3 is 5.32 Å². The quantitative estimate of drug-likeness (QED) is 0.433. The molecule has 1 amide bonds. The van der Waals surface area contributed by atoms with Crippen LogP contribution in [0.2, 0.25) is 0 Å². The largest absolute Gasteiger partial charge is 0.324 e. The van der Waals surface area contributed by atoms with E-state index in [1.165, 1.54) is 11.4 Å². The normalized spacial score (nSPS) is 10.8. The highest BCUT2D eigenvalue weighted by atomic mass is 32.1. The number of hydrogen-bond donors (Lipinski definition) is 1. The summed E-state index contributed by atoms with van der Waals surface area (Å²) in [6, 6.07) is 16.3. The Labute approximate surface area is 151 Å². The monoisotopic (exact) mass is 364 g/mol. The molecule has 4 rings (SSSR count). The van der Waals surface area contributed by atoms with Crippen LogP contribution in [0.5, 0.6) is 0 Å². The molecule has 3 heterocycles. The van der Waals surface area contributed by atoms with E-state index in [1.807, 2.05) is 48.5 Å². The molecule has 0 radical (unpaired) electrons. The third kappa shape index (κ3) is 2.82. The number of carbonyl (C=O) groups is 1. The van der Waals surface area contributed by atoms with E-state index in [0.29, 0.717) is 17.2 Å². The molecule has 0 saturated heterocycles. The molecular formula is C18H12N4O3S. The summed E-state index contributed by atoms with van der Waals surface area (Å²) in [6.45, 7) is 0. The number of thiophene rings is 1. The molecule has 3 aromatic heterocycles. The lowest BCUT2D eigenvalue weighted by Gasteiger charge is -2.06. The standard InChI is InChI=1S/C18H12N4O3S/c23-18(13-10-15(22(24)25)26-11-13)20-17-16(12-6-2-1-3-7-12)19-14-8-4-5-9-21(14)17/h1-11H,(H,20,23). The number of benzene rings is 1. The fraction of sp³-hybridized carbons (Fsp3) is 0. The predicted molar refractivity (Wildman–Crippen MR) is 99.6 cm³/mol. The van der Waals surface area contributed by atoms with Crippen molar-refractivity contribution in [3.63, 3.8) is 0 Å². The molecule has 26 heavy (non-hydrogen) atoms. The molecule has 1 aromatic carbocycles. The van der Waals surface area contributed by atoms with Crippen molar-refractivity contribution in [2.24, 2.45) is 0 Å². The first-order valence-electron chi connectivity index (χ1n) is 7.70. The van der Waals surface area contributed by atoms with Crippen molar-refractivity contribution in [1.29, 1.82) is 0 Å². The summed E-state index contributed by atoms with van der Waals surface area (Å²) in [4.78, 5) is 27.5. The van der Waals surface area contributed by atoms with Gasteiger partial charge in [0, 0.05) is 23.2 Å². The van der Waals surface area contributed by atoms with E-state index in [0.717, 1.165) is 16.9 Å². The van der Waals surface area contributed by atoms with Crippen LogP contribution in [-0.2, 0) is 0 Å². The maximum atomic E-state index is 12.6. The van der Waals surface area contributed by atoms with E-state index in [4.69, 9.17) is 0 Å². The van der Waals surface area contributed by atoms with Gasteiger partial charge in [0.15, 0.2) is 0 Å². The number of fused-ring (bicyclic) bond motifs is 1. The van der Waals surface area contributed by atoms with Crippen LogP contribution in [0.15, 0.2) is 66.2 Å². The van der Waals surface area contributed by atoms with E-state index >= 15 is 0 Å². The molecule has 128 valence electrons. The number of carbonyl (C=O) groups excluding carboxylic acids is 1. The summed E-state index contributed by atoms with van der Waals surface area (Å²) in [5.74, 6) is 0.0998. The van der Waals surface area contributed by atoms with Crippen LogP contribution in [0, 0.1) is 10.1 Å². The molecule has 7 nitrogen and oxygen atoms in total. The number of nitro groups is 1. The van der Waals surface area contributed by atoms with Gasteiger partial charge in [0.05, 0.1) is 10.5 Å². The lowest BCUT2D eigenvalue weighted by Crippen LogP contribution is -2.13. The Morgan fingerprint density at radius 1 is 1.15 bits per heavy atom. The number of nitrogens with zero attached hydrogens (tertiary/aromatic N) is 3. The topological polar surface area (TPSA) is 89.5 Å². The minimum absolute atomic E-state index is 0.0726. The van der Waals surface area contributed by atoms with E-state index in [-0.39, 0.29) is 10.6 Å². The zero-order valence-electron chi connectivity index (χ0n) is 13.3. The maximum Gasteiger partial charge on any atom is 0.324 e. The van der Waals surface area contributed by atoms with Crippen molar-refractivity contribution in [3.05, 3.63) is 81.9 Å². The van der Waals surface area contributed by atoms with Gasteiger partial charge in [0.2, 0.25) is 0 Å². The van der Waals surface area contributed by atoms with Crippen molar-refractivity contribution < 1.29 is 9.72 Å². The number of hydrogen-bond acceptors (Lipinski definition) is 5. The second-order valence-electron chi connectivity index (χ2n) is 5.49. The Morgan fingerprint density at radius 2 is 1.92 bits per heavy atom. The van der Waals surface area contributed by atoms with Crippen molar-refractivity contribution in [2.75, 3.05) is 5.32 Å². The molecule has 0 aliphatic rings. The summed E-state index contributed by atoms with van der Waals surface area (Å²) in [6.07, 6.45) is 1.81. The Hall–Kier alpha value is -3.52. The van der Waals surface area contributed by atoms with Gasteiger partial charge in [-0.25, -0.2) is 4.98 Å². The summed E-state index contributed by atoms with van der Waals surface area (Å²) in [5, 5.41) is 15.1. The van der Waals surface area contributed by atoms with Crippen LogP contribution in [0.4, 0.5) is 10.8 Å². The second kappa shape index (κ2) is 6.41. The maximum absolute atomic E-state index is 12.6. The molecule has 1 N–H and O–H groups in total. The highest BCUT2D eigenvalue weighted by Crippen LogP contribution is 2.30. The Bertz CT molecular complexity index is 1120. The third-order valence-corrected chi connectivity index (χ3v) is 4.72. The highest BCUT2D eigenvalue weighted by molar-refractivity contribution is 7.13. The summed E-state index contributed by atoms with van der Waals surface area (Å²) in [7, 11) is 0. The first kappa shape index (κ1) is 16.0. The van der Waals surface area contributed by atoms with Crippen molar-refractivity contribution in [1.82, 2.24) is 9.38 Å². The predicted octanol–water partition coefficient (Wildman–Crippen LogP) is 4.22. The lowest BCUT2D eigenvalue weighted by molar-refractivity contribution is -0.380. The lowest BCUT2D eigenvalue weighted by atomic mass is 10.1. The first-order chi connectivity index (χ1) is 12.6. The molecule has 0 fully saturated rings. The summed E-state index contributed by atoms with van der Waals surface area (Å²) < 4.78 is 1.78. The Morgan fingerprint density at radius 3 is 2.65 bits per heavy atom. The van der Waals surface area contributed by atoms with Crippen molar-refractivity contribution in [2.45, 2.75) is 0 Å². The molecule has 0 aliphatic heterocycles. The number of anilines is 1. The van der Waals surface area contributed by atoms with Gasteiger partial charge in [0.25, 0.3) is 5.91 Å². The minimum Gasteiger partial charge on any atom is -0.306 e. The van der Waals surface area contributed by atoms with Crippen LogP contribution in [0.3, 0.4) is 0 Å². The van der Waals surface area contributed by atoms with Crippen LogP contribution >= 0.6 is 11.3 Å². The van der Waals surface area contributed by atoms with Gasteiger partial charge in [-0.2, -0.15) is 0 Å². The van der Waals surface area contributed by atoms with Crippen molar-refractivity contribution >= 4 is 33.7 Å². The molecule has 0 saturated carbocycles. The third-order valence-electron chi connectivity index (χ3n) is 3.84. The zero-order valence-corrected chi connectivity index (χ0v) is 14.1. The number of amides is 1. The Kier molecular flexibility index (Phi) is 3.94.